The van der Waals surface area contributed by atoms with Crippen molar-refractivity contribution < 1.29 is 19.8 Å². The van der Waals surface area contributed by atoms with Crippen LogP contribution in [0.3, 0.4) is 0 Å². The van der Waals surface area contributed by atoms with E-state index >= 15 is 0 Å². The van der Waals surface area contributed by atoms with E-state index in [0.717, 1.165) is 42.4 Å². The van der Waals surface area contributed by atoms with Crippen LogP contribution >= 0.6 is 0 Å². The molecule has 254 valence electrons. The van der Waals surface area contributed by atoms with Crippen molar-refractivity contribution in [1.82, 2.24) is 20.6 Å². The maximum atomic E-state index is 13.3. The van der Waals surface area contributed by atoms with Crippen LogP contribution in [0.5, 0.6) is 11.5 Å². The number of hydrogen-bond acceptors (Lipinski definition) is 6. The minimum Gasteiger partial charge on any atom is -0.506 e. The van der Waals surface area contributed by atoms with Gasteiger partial charge in [0.15, 0.2) is 0 Å². The summed E-state index contributed by atoms with van der Waals surface area (Å²) in [6, 6.07) is 14.9. The fourth-order valence-corrected chi connectivity index (χ4v) is 5.67. The lowest BCUT2D eigenvalue weighted by Crippen LogP contribution is -2.26. The van der Waals surface area contributed by atoms with Crippen LogP contribution < -0.4 is 10.6 Å². The molecule has 0 fully saturated rings. The number of unbranched alkanes of at least 4 members (excludes halogenated alkanes) is 2. The van der Waals surface area contributed by atoms with Gasteiger partial charge in [0.2, 0.25) is 0 Å². The molecule has 0 bridgehead atoms. The maximum Gasteiger partial charge on any atom is 0.255 e. The Morgan fingerprint density at radius 1 is 0.750 bits per heavy atom. The Kier molecular flexibility index (Phi) is 11.6. The molecule has 4 rings (SSSR count). The summed E-state index contributed by atoms with van der Waals surface area (Å²) in [5.41, 5.74) is 4.77. The Balaban J connectivity index is 1.75. The van der Waals surface area contributed by atoms with E-state index in [1.165, 1.54) is 0 Å². The number of amides is 2. The van der Waals surface area contributed by atoms with E-state index in [9.17, 15) is 19.8 Å². The zero-order valence-electron chi connectivity index (χ0n) is 29.4. The molecule has 8 heteroatoms. The second kappa shape index (κ2) is 15.5. The van der Waals surface area contributed by atoms with Crippen molar-refractivity contribution in [3.8, 4) is 33.9 Å². The van der Waals surface area contributed by atoms with E-state index in [1.807, 2.05) is 30.3 Å². The molecule has 0 saturated heterocycles. The average Bonchev–Trinajstić information content (AvgIpc) is 3.04. The molecule has 0 aliphatic heterocycles. The summed E-state index contributed by atoms with van der Waals surface area (Å²) in [6.45, 7) is 15.6. The van der Waals surface area contributed by atoms with Crippen LogP contribution in [0.25, 0.3) is 22.4 Å². The highest BCUT2D eigenvalue weighted by molar-refractivity contribution is 6.00. The lowest BCUT2D eigenvalue weighted by molar-refractivity contribution is 0.0941. The van der Waals surface area contributed by atoms with Gasteiger partial charge in [-0.15, -0.1) is 0 Å². The van der Waals surface area contributed by atoms with Crippen molar-refractivity contribution in [2.75, 3.05) is 13.1 Å². The van der Waals surface area contributed by atoms with E-state index in [-0.39, 0.29) is 39.9 Å². The fourth-order valence-electron chi connectivity index (χ4n) is 5.67. The molecule has 0 saturated carbocycles. The number of nitrogens with one attached hydrogen (secondary N) is 2. The fraction of sp³-hybridized carbons (Fsp3) is 0.400. The number of hydrogen-bond donors (Lipinski definition) is 4. The molecule has 2 aromatic carbocycles. The van der Waals surface area contributed by atoms with Gasteiger partial charge >= 0.3 is 0 Å². The number of nitrogens with zero attached hydrogens (tertiary/aromatic N) is 2. The molecule has 8 nitrogen and oxygen atoms in total. The molecule has 0 aliphatic rings. The molecule has 0 atom stereocenters. The third-order valence-corrected chi connectivity index (χ3v) is 8.71. The minimum absolute atomic E-state index is 0.0773. The Morgan fingerprint density at radius 2 is 1.33 bits per heavy atom. The lowest BCUT2D eigenvalue weighted by Gasteiger charge is -2.28. The van der Waals surface area contributed by atoms with E-state index in [4.69, 9.17) is 0 Å². The van der Waals surface area contributed by atoms with Gasteiger partial charge in [-0.2, -0.15) is 0 Å². The number of carbonyl (C=O) groups excluding carboxylic acids is 2. The predicted octanol–water partition coefficient (Wildman–Crippen LogP) is 8.10. The van der Waals surface area contributed by atoms with Gasteiger partial charge in [-0.05, 0) is 89.2 Å². The largest absolute Gasteiger partial charge is 0.506 e. The Hall–Kier alpha value is -4.72. The molecule has 0 aliphatic carbocycles. The van der Waals surface area contributed by atoms with E-state index < -0.39 is 5.41 Å². The summed E-state index contributed by atoms with van der Waals surface area (Å²) in [5.74, 6) is -0.804. The molecule has 2 heterocycles. The van der Waals surface area contributed by atoms with Gasteiger partial charge in [0, 0.05) is 48.4 Å². The molecule has 0 radical (unpaired) electrons. The van der Waals surface area contributed by atoms with Crippen LogP contribution in [0.4, 0.5) is 0 Å². The van der Waals surface area contributed by atoms with Crippen LogP contribution in [0.1, 0.15) is 112 Å². The van der Waals surface area contributed by atoms with Crippen LogP contribution in [0.2, 0.25) is 0 Å². The predicted molar refractivity (Wildman–Crippen MR) is 193 cm³/mol. The van der Waals surface area contributed by atoms with Crippen molar-refractivity contribution >= 4 is 11.8 Å². The summed E-state index contributed by atoms with van der Waals surface area (Å²) < 4.78 is 0. The van der Waals surface area contributed by atoms with Crippen molar-refractivity contribution in [2.24, 2.45) is 0 Å². The monoisotopic (exact) mass is 650 g/mol. The summed E-state index contributed by atoms with van der Waals surface area (Å²) in [5, 5.41) is 28.6. The third kappa shape index (κ3) is 8.59. The number of carbonyl (C=O) groups is 2. The van der Waals surface area contributed by atoms with Gasteiger partial charge in [0.1, 0.15) is 11.5 Å². The van der Waals surface area contributed by atoms with E-state index in [2.05, 4.69) is 69.1 Å². The molecule has 4 N–H and O–H groups in total. The summed E-state index contributed by atoms with van der Waals surface area (Å²) in [7, 11) is 0. The number of aromatic hydroxyl groups is 2. The van der Waals surface area contributed by atoms with Gasteiger partial charge in [0.25, 0.3) is 11.8 Å². The van der Waals surface area contributed by atoms with Crippen LogP contribution in [-0.4, -0.2) is 45.1 Å². The first kappa shape index (κ1) is 36.1. The molecular weight excluding hydrogens is 600 g/mol. The van der Waals surface area contributed by atoms with Gasteiger partial charge < -0.3 is 20.8 Å². The first-order valence-electron chi connectivity index (χ1n) is 16.9. The second-order valence-electron chi connectivity index (χ2n) is 14.2. The topological polar surface area (TPSA) is 124 Å². The van der Waals surface area contributed by atoms with Gasteiger partial charge in [-0.1, -0.05) is 67.4 Å². The standard InChI is InChI=1S/C40H50N4O4/c1-8-10-16-43-37(47)32-21-28(39(3,4)5)20-31(36(32)46)34-19-26(14-18-42-34)24-40(6,7)29-22-30(27-13-12-15-41-25-27)35(45)33(23-29)38(48)44-17-11-9-2/h12-15,18-23,25,45-46H,8-11,16-17,24H2,1-7H3,(H,43,47)(H,44,48). The Labute approximate surface area is 285 Å². The van der Waals surface area contributed by atoms with E-state index in [1.54, 1.807) is 36.8 Å². The molecule has 48 heavy (non-hydrogen) atoms. The smallest absolute Gasteiger partial charge is 0.255 e. The SMILES string of the molecule is CCCCNC(=O)c1cc(C(C)(C)Cc2ccnc(-c3cc(C(C)(C)C)cc(C(=O)NCCCC)c3O)c2)cc(-c2cccnc2)c1O. The molecule has 4 aromatic rings. The summed E-state index contributed by atoms with van der Waals surface area (Å²) in [6.07, 6.45) is 9.23. The average molecular weight is 651 g/mol. The van der Waals surface area contributed by atoms with Crippen molar-refractivity contribution in [3.63, 3.8) is 0 Å². The first-order chi connectivity index (χ1) is 22.8. The molecule has 0 unspecified atom stereocenters. The van der Waals surface area contributed by atoms with Crippen LogP contribution in [0, 0.1) is 0 Å². The first-order valence-corrected chi connectivity index (χ1v) is 16.9. The quantitative estimate of drug-likeness (QED) is 0.108. The molecule has 2 aromatic heterocycles. The van der Waals surface area contributed by atoms with Gasteiger partial charge in [-0.25, -0.2) is 0 Å². The van der Waals surface area contributed by atoms with Crippen LogP contribution in [-0.2, 0) is 17.3 Å². The Morgan fingerprint density at radius 3 is 1.90 bits per heavy atom. The molecular formula is C40H50N4O4. The number of pyridine rings is 2. The second-order valence-corrected chi connectivity index (χ2v) is 14.2. The van der Waals surface area contributed by atoms with Crippen molar-refractivity contribution in [3.05, 3.63) is 94.9 Å². The highest BCUT2D eigenvalue weighted by Crippen LogP contribution is 2.40. The lowest BCUT2D eigenvalue weighted by atomic mass is 9.77. The van der Waals surface area contributed by atoms with Gasteiger partial charge in [0.05, 0.1) is 16.8 Å². The van der Waals surface area contributed by atoms with Gasteiger partial charge in [-0.3, -0.25) is 19.6 Å². The van der Waals surface area contributed by atoms with E-state index in [0.29, 0.717) is 41.9 Å². The Bertz CT molecular complexity index is 1740. The highest BCUT2D eigenvalue weighted by atomic mass is 16.3. The highest BCUT2D eigenvalue weighted by Gasteiger charge is 2.28. The number of phenolic OH excluding ortho intramolecular Hbond substituents is 2. The number of rotatable bonds is 13. The van der Waals surface area contributed by atoms with Crippen LogP contribution in [0.15, 0.2) is 67.1 Å². The summed E-state index contributed by atoms with van der Waals surface area (Å²) >= 11 is 0. The van der Waals surface area contributed by atoms with Crippen molar-refractivity contribution in [1.29, 1.82) is 0 Å². The molecule has 2 amide bonds. The maximum absolute atomic E-state index is 13.3. The third-order valence-electron chi connectivity index (χ3n) is 8.71. The zero-order chi connectivity index (χ0) is 35.1. The minimum atomic E-state index is -0.485. The van der Waals surface area contributed by atoms with Crippen molar-refractivity contribution in [2.45, 2.75) is 91.4 Å². The normalized spacial score (nSPS) is 11.7. The number of benzene rings is 2. The number of aromatic nitrogens is 2. The zero-order valence-corrected chi connectivity index (χ0v) is 29.4. The number of phenols is 2. The molecule has 0 spiro atoms. The summed E-state index contributed by atoms with van der Waals surface area (Å²) in [4.78, 5) is 35.3.